The number of phenolic OH excluding ortho intramolecular Hbond substituents is 1. The van der Waals surface area contributed by atoms with Gasteiger partial charge in [-0.2, -0.15) is 0 Å². The van der Waals surface area contributed by atoms with Crippen LogP contribution in [0, 0.1) is 0 Å². The van der Waals surface area contributed by atoms with Gasteiger partial charge < -0.3 is 15.2 Å². The minimum Gasteiger partial charge on any atom is -0.504 e. The number of carbonyl (C=O) groups excluding carboxylic acids is 2. The van der Waals surface area contributed by atoms with Gasteiger partial charge in [-0.3, -0.25) is 14.9 Å². The lowest BCUT2D eigenvalue weighted by Gasteiger charge is -2.18. The number of benzene rings is 2. The molecule has 3 rings (SSSR count). The van der Waals surface area contributed by atoms with Crippen molar-refractivity contribution in [1.29, 1.82) is 0 Å². The Labute approximate surface area is 138 Å². The van der Waals surface area contributed by atoms with Gasteiger partial charge in [0.15, 0.2) is 11.5 Å². The summed E-state index contributed by atoms with van der Waals surface area (Å²) in [6.45, 7) is 0.407. The van der Waals surface area contributed by atoms with E-state index in [1.807, 2.05) is 6.07 Å². The van der Waals surface area contributed by atoms with Gasteiger partial charge in [-0.05, 0) is 23.8 Å². The van der Waals surface area contributed by atoms with E-state index < -0.39 is 11.8 Å². The smallest absolute Gasteiger partial charge is 0.260 e. The third-order valence-electron chi connectivity index (χ3n) is 3.73. The Morgan fingerprint density at radius 1 is 1.12 bits per heavy atom. The van der Waals surface area contributed by atoms with Crippen LogP contribution in [0.25, 0.3) is 5.57 Å². The molecule has 0 unspecified atom stereocenters. The molecule has 0 radical (unpaired) electrons. The fraction of sp³-hybridized carbons (Fsp3) is 0.111. The zero-order valence-electron chi connectivity index (χ0n) is 13.0. The summed E-state index contributed by atoms with van der Waals surface area (Å²) in [5, 5.41) is 15.1. The van der Waals surface area contributed by atoms with Crippen LogP contribution in [-0.4, -0.2) is 24.0 Å². The molecule has 0 atom stereocenters. The summed E-state index contributed by atoms with van der Waals surface area (Å²) in [6.07, 6.45) is 1.57. The predicted molar refractivity (Wildman–Crippen MR) is 88.4 cm³/mol. The molecule has 0 saturated heterocycles. The molecule has 122 valence electrons. The lowest BCUT2D eigenvalue weighted by Crippen LogP contribution is -2.36. The number of phenols is 1. The van der Waals surface area contributed by atoms with E-state index in [-0.39, 0.29) is 5.75 Å². The van der Waals surface area contributed by atoms with Crippen molar-refractivity contribution in [3.8, 4) is 11.5 Å². The van der Waals surface area contributed by atoms with E-state index in [1.165, 1.54) is 7.11 Å². The van der Waals surface area contributed by atoms with Crippen molar-refractivity contribution in [2.75, 3.05) is 7.11 Å². The molecule has 0 fully saturated rings. The van der Waals surface area contributed by atoms with Crippen LogP contribution >= 0.6 is 0 Å². The molecule has 0 spiro atoms. The lowest BCUT2D eigenvalue weighted by atomic mass is 9.96. The highest BCUT2D eigenvalue weighted by Crippen LogP contribution is 2.26. The van der Waals surface area contributed by atoms with E-state index in [1.54, 1.807) is 42.6 Å². The van der Waals surface area contributed by atoms with Gasteiger partial charge in [-0.15, -0.1) is 0 Å². The number of ether oxygens (including phenoxy) is 1. The van der Waals surface area contributed by atoms with Crippen LogP contribution in [-0.2, 0) is 11.3 Å². The topological polar surface area (TPSA) is 87.7 Å². The SMILES string of the molecule is COc1ccc(CN/C=C2\C(=O)NC(=O)c3ccccc32)cc1O. The molecule has 24 heavy (non-hydrogen) atoms. The number of methoxy groups -OCH3 is 1. The van der Waals surface area contributed by atoms with E-state index >= 15 is 0 Å². The second kappa shape index (κ2) is 6.45. The molecular formula is C18H16N2O4. The first-order chi connectivity index (χ1) is 11.6. The largest absolute Gasteiger partial charge is 0.504 e. The predicted octanol–water partition coefficient (Wildman–Crippen LogP) is 1.80. The molecule has 2 amide bonds. The van der Waals surface area contributed by atoms with E-state index in [0.29, 0.717) is 29.0 Å². The Kier molecular flexibility index (Phi) is 4.20. The molecule has 6 heteroatoms. The molecule has 0 saturated carbocycles. The van der Waals surface area contributed by atoms with E-state index in [9.17, 15) is 14.7 Å². The number of hydrogen-bond donors (Lipinski definition) is 3. The number of aromatic hydroxyl groups is 1. The van der Waals surface area contributed by atoms with Crippen LogP contribution in [0.1, 0.15) is 21.5 Å². The molecule has 0 aromatic heterocycles. The second-order valence-corrected chi connectivity index (χ2v) is 5.27. The molecule has 1 heterocycles. The lowest BCUT2D eigenvalue weighted by molar-refractivity contribution is -0.114. The number of imide groups is 1. The first-order valence-electron chi connectivity index (χ1n) is 7.34. The number of fused-ring (bicyclic) bond motifs is 1. The molecule has 2 aromatic carbocycles. The quantitative estimate of drug-likeness (QED) is 0.590. The fourth-order valence-corrected chi connectivity index (χ4v) is 2.54. The van der Waals surface area contributed by atoms with Gasteiger partial charge in [0.05, 0.1) is 12.7 Å². The summed E-state index contributed by atoms with van der Waals surface area (Å²) in [5.41, 5.74) is 2.28. The van der Waals surface area contributed by atoms with Crippen molar-refractivity contribution in [2.24, 2.45) is 0 Å². The third kappa shape index (κ3) is 2.94. The van der Waals surface area contributed by atoms with Crippen molar-refractivity contribution in [1.82, 2.24) is 10.6 Å². The van der Waals surface area contributed by atoms with Gasteiger partial charge in [0.2, 0.25) is 0 Å². The number of rotatable bonds is 4. The highest BCUT2D eigenvalue weighted by Gasteiger charge is 2.26. The van der Waals surface area contributed by atoms with Crippen LogP contribution < -0.4 is 15.4 Å². The van der Waals surface area contributed by atoms with Gasteiger partial charge in [-0.1, -0.05) is 24.3 Å². The zero-order chi connectivity index (χ0) is 17.1. The maximum Gasteiger partial charge on any atom is 0.260 e. The van der Waals surface area contributed by atoms with Crippen molar-refractivity contribution in [3.63, 3.8) is 0 Å². The summed E-state index contributed by atoms with van der Waals surface area (Å²) >= 11 is 0. The van der Waals surface area contributed by atoms with Crippen molar-refractivity contribution in [3.05, 3.63) is 65.4 Å². The standard InChI is InChI=1S/C18H16N2O4/c1-24-16-7-6-11(8-15(16)21)9-19-10-14-12-4-2-3-5-13(12)17(22)20-18(14)23/h2-8,10,19,21H,9H2,1H3,(H,20,22,23)/b14-10-. The van der Waals surface area contributed by atoms with Crippen molar-refractivity contribution < 1.29 is 19.4 Å². The summed E-state index contributed by atoms with van der Waals surface area (Å²) in [6, 6.07) is 12.0. The van der Waals surface area contributed by atoms with E-state index in [4.69, 9.17) is 4.74 Å². The monoisotopic (exact) mass is 324 g/mol. The Morgan fingerprint density at radius 3 is 2.58 bits per heavy atom. The summed E-state index contributed by atoms with van der Waals surface area (Å²) in [7, 11) is 1.48. The van der Waals surface area contributed by atoms with Gasteiger partial charge in [0, 0.05) is 23.9 Å². The molecular weight excluding hydrogens is 308 g/mol. The number of hydrogen-bond acceptors (Lipinski definition) is 5. The molecule has 1 aliphatic heterocycles. The third-order valence-corrected chi connectivity index (χ3v) is 3.73. The van der Waals surface area contributed by atoms with Crippen LogP contribution in [0.2, 0.25) is 0 Å². The van der Waals surface area contributed by atoms with Crippen molar-refractivity contribution in [2.45, 2.75) is 6.54 Å². The van der Waals surface area contributed by atoms with Crippen LogP contribution in [0.15, 0.2) is 48.7 Å². The van der Waals surface area contributed by atoms with Gasteiger partial charge in [-0.25, -0.2) is 0 Å². The Balaban J connectivity index is 1.79. The van der Waals surface area contributed by atoms with Crippen LogP contribution in [0.5, 0.6) is 11.5 Å². The molecule has 2 aromatic rings. The maximum atomic E-state index is 12.1. The van der Waals surface area contributed by atoms with E-state index in [2.05, 4.69) is 10.6 Å². The zero-order valence-corrected chi connectivity index (χ0v) is 13.0. The summed E-state index contributed by atoms with van der Waals surface area (Å²) in [5.74, 6) is -0.386. The van der Waals surface area contributed by atoms with Crippen molar-refractivity contribution >= 4 is 17.4 Å². The average Bonchev–Trinajstić information content (AvgIpc) is 2.58. The highest BCUT2D eigenvalue weighted by molar-refractivity contribution is 6.30. The van der Waals surface area contributed by atoms with Crippen LogP contribution in [0.4, 0.5) is 0 Å². The fourth-order valence-electron chi connectivity index (χ4n) is 2.54. The Bertz CT molecular complexity index is 843. The average molecular weight is 324 g/mol. The number of nitrogens with one attached hydrogen (secondary N) is 2. The van der Waals surface area contributed by atoms with Crippen LogP contribution in [0.3, 0.4) is 0 Å². The number of carbonyl (C=O) groups is 2. The van der Waals surface area contributed by atoms with Gasteiger partial charge in [0.25, 0.3) is 11.8 Å². The normalized spacial score (nSPS) is 15.0. The van der Waals surface area contributed by atoms with Gasteiger partial charge >= 0.3 is 0 Å². The first-order valence-corrected chi connectivity index (χ1v) is 7.34. The second-order valence-electron chi connectivity index (χ2n) is 5.27. The number of amides is 2. The molecule has 6 nitrogen and oxygen atoms in total. The minimum absolute atomic E-state index is 0.0517. The Hall–Kier alpha value is -3.28. The van der Waals surface area contributed by atoms with Gasteiger partial charge in [0.1, 0.15) is 0 Å². The first kappa shape index (κ1) is 15.6. The Morgan fingerprint density at radius 2 is 1.88 bits per heavy atom. The maximum absolute atomic E-state index is 12.1. The highest BCUT2D eigenvalue weighted by atomic mass is 16.5. The minimum atomic E-state index is -0.441. The summed E-state index contributed by atoms with van der Waals surface area (Å²) in [4.78, 5) is 23.9. The molecule has 0 aliphatic carbocycles. The molecule has 0 bridgehead atoms. The molecule has 1 aliphatic rings. The molecule has 3 N–H and O–H groups in total. The summed E-state index contributed by atoms with van der Waals surface area (Å²) < 4.78 is 5.00. The van der Waals surface area contributed by atoms with E-state index in [0.717, 1.165) is 5.56 Å².